The van der Waals surface area contributed by atoms with Gasteiger partial charge in [-0.25, -0.2) is 8.78 Å². The number of carbonyl (C=O) groups excluding carboxylic acids is 1. The van der Waals surface area contributed by atoms with Crippen molar-refractivity contribution in [1.82, 2.24) is 0 Å². The zero-order chi connectivity index (χ0) is 15.6. The molecule has 2 aromatic rings. The van der Waals surface area contributed by atoms with Gasteiger partial charge in [0.25, 0.3) is 11.6 Å². The van der Waals surface area contributed by atoms with Crippen molar-refractivity contribution in [2.45, 2.75) is 0 Å². The Morgan fingerprint density at radius 1 is 1.19 bits per heavy atom. The maximum Gasteiger partial charge on any atom is 0.282 e. The third kappa shape index (κ3) is 3.40. The minimum absolute atomic E-state index is 0.119. The summed E-state index contributed by atoms with van der Waals surface area (Å²) in [5.74, 6) is -2.16. The predicted molar refractivity (Wildman–Crippen MR) is 75.1 cm³/mol. The fraction of sp³-hybridized carbons (Fsp3) is 0. The van der Waals surface area contributed by atoms with E-state index in [2.05, 4.69) is 21.2 Å². The Morgan fingerprint density at radius 3 is 2.52 bits per heavy atom. The van der Waals surface area contributed by atoms with E-state index >= 15 is 0 Å². The molecular weight excluding hydrogens is 350 g/mol. The highest BCUT2D eigenvalue weighted by molar-refractivity contribution is 9.10. The van der Waals surface area contributed by atoms with Crippen LogP contribution in [0.2, 0.25) is 0 Å². The molecular formula is C13H7BrF2N2O3. The van der Waals surface area contributed by atoms with Gasteiger partial charge in [0.2, 0.25) is 0 Å². The standard InChI is InChI=1S/C13H7BrF2N2O3/c14-10-6-8(2-3-11(10)16)17-13(19)9-5-7(15)1-4-12(9)18(20)21/h1-6H,(H,17,19). The van der Waals surface area contributed by atoms with Gasteiger partial charge in [-0.3, -0.25) is 14.9 Å². The molecule has 0 aliphatic heterocycles. The van der Waals surface area contributed by atoms with E-state index in [1.54, 1.807) is 0 Å². The van der Waals surface area contributed by atoms with Gasteiger partial charge in [0, 0.05) is 11.8 Å². The Hall–Kier alpha value is -2.35. The van der Waals surface area contributed by atoms with Crippen LogP contribution in [0.25, 0.3) is 0 Å². The van der Waals surface area contributed by atoms with Crippen molar-refractivity contribution in [2.24, 2.45) is 0 Å². The molecule has 2 aromatic carbocycles. The number of amides is 1. The van der Waals surface area contributed by atoms with Gasteiger partial charge in [-0.15, -0.1) is 0 Å². The maximum absolute atomic E-state index is 13.2. The van der Waals surface area contributed by atoms with Crippen molar-refractivity contribution in [3.8, 4) is 0 Å². The summed E-state index contributed by atoms with van der Waals surface area (Å²) in [6.45, 7) is 0. The highest BCUT2D eigenvalue weighted by Gasteiger charge is 2.21. The Kier molecular flexibility index (Phi) is 4.27. The predicted octanol–water partition coefficient (Wildman–Crippen LogP) is 3.89. The molecule has 0 saturated carbocycles. The summed E-state index contributed by atoms with van der Waals surface area (Å²) in [7, 11) is 0. The summed E-state index contributed by atoms with van der Waals surface area (Å²) < 4.78 is 26.4. The number of hydrogen-bond donors (Lipinski definition) is 1. The first kappa shape index (κ1) is 15.0. The lowest BCUT2D eigenvalue weighted by Crippen LogP contribution is -2.14. The van der Waals surface area contributed by atoms with Crippen molar-refractivity contribution in [3.05, 3.63) is 68.2 Å². The lowest BCUT2D eigenvalue weighted by atomic mass is 10.1. The van der Waals surface area contributed by atoms with Crippen LogP contribution in [0, 0.1) is 21.7 Å². The fourth-order valence-electron chi connectivity index (χ4n) is 1.62. The molecule has 0 bridgehead atoms. The van der Waals surface area contributed by atoms with Crippen molar-refractivity contribution in [1.29, 1.82) is 0 Å². The molecule has 0 atom stereocenters. The van der Waals surface area contributed by atoms with E-state index in [0.29, 0.717) is 0 Å². The molecule has 0 spiro atoms. The quantitative estimate of drug-likeness (QED) is 0.669. The third-order valence-electron chi connectivity index (χ3n) is 2.58. The Bertz CT molecular complexity index is 737. The van der Waals surface area contributed by atoms with Crippen LogP contribution in [0.5, 0.6) is 0 Å². The molecule has 0 fully saturated rings. The minimum Gasteiger partial charge on any atom is -0.322 e. The molecule has 0 saturated heterocycles. The second-order valence-electron chi connectivity index (χ2n) is 4.00. The van der Waals surface area contributed by atoms with Crippen LogP contribution in [0.1, 0.15) is 10.4 Å². The molecule has 0 radical (unpaired) electrons. The van der Waals surface area contributed by atoms with Crippen molar-refractivity contribution in [3.63, 3.8) is 0 Å². The largest absolute Gasteiger partial charge is 0.322 e. The average Bonchev–Trinajstić information content (AvgIpc) is 2.42. The SMILES string of the molecule is O=C(Nc1ccc(F)c(Br)c1)c1cc(F)ccc1[N+](=O)[O-]. The first-order chi connectivity index (χ1) is 9.88. The molecule has 8 heteroatoms. The van der Waals surface area contributed by atoms with E-state index in [9.17, 15) is 23.7 Å². The third-order valence-corrected chi connectivity index (χ3v) is 3.19. The van der Waals surface area contributed by atoms with Crippen LogP contribution >= 0.6 is 15.9 Å². The Balaban J connectivity index is 2.34. The van der Waals surface area contributed by atoms with E-state index in [1.807, 2.05) is 0 Å². The van der Waals surface area contributed by atoms with Crippen LogP contribution in [0.15, 0.2) is 40.9 Å². The highest BCUT2D eigenvalue weighted by Crippen LogP contribution is 2.23. The molecule has 0 aromatic heterocycles. The molecule has 1 N–H and O–H groups in total. The van der Waals surface area contributed by atoms with Gasteiger partial charge in [0.05, 0.1) is 9.40 Å². The number of benzene rings is 2. The second kappa shape index (κ2) is 5.96. The molecule has 21 heavy (non-hydrogen) atoms. The van der Waals surface area contributed by atoms with Gasteiger partial charge < -0.3 is 5.32 Å². The summed E-state index contributed by atoms with van der Waals surface area (Å²) >= 11 is 2.95. The molecule has 0 heterocycles. The topological polar surface area (TPSA) is 72.2 Å². The van der Waals surface area contributed by atoms with Crippen molar-refractivity contribution in [2.75, 3.05) is 5.32 Å². The van der Waals surface area contributed by atoms with E-state index < -0.39 is 33.7 Å². The van der Waals surface area contributed by atoms with Crippen LogP contribution in [-0.4, -0.2) is 10.8 Å². The molecule has 5 nitrogen and oxygen atoms in total. The Labute approximate surface area is 125 Å². The number of nitro groups is 1. The summed E-state index contributed by atoms with van der Waals surface area (Å²) in [5.41, 5.74) is -0.720. The van der Waals surface area contributed by atoms with Gasteiger partial charge in [0.1, 0.15) is 17.2 Å². The van der Waals surface area contributed by atoms with Gasteiger partial charge >= 0.3 is 0 Å². The molecule has 0 aliphatic rings. The van der Waals surface area contributed by atoms with Gasteiger partial charge in [-0.1, -0.05) is 0 Å². The van der Waals surface area contributed by atoms with E-state index in [-0.39, 0.29) is 10.2 Å². The molecule has 2 rings (SSSR count). The summed E-state index contributed by atoms with van der Waals surface area (Å²) in [6, 6.07) is 6.25. The molecule has 0 unspecified atom stereocenters. The van der Waals surface area contributed by atoms with Crippen LogP contribution in [0.3, 0.4) is 0 Å². The zero-order valence-corrected chi connectivity index (χ0v) is 11.9. The highest BCUT2D eigenvalue weighted by atomic mass is 79.9. The zero-order valence-electron chi connectivity index (χ0n) is 10.3. The van der Waals surface area contributed by atoms with E-state index in [0.717, 1.165) is 24.3 Å². The van der Waals surface area contributed by atoms with Gasteiger partial charge in [-0.2, -0.15) is 0 Å². The van der Waals surface area contributed by atoms with Crippen LogP contribution < -0.4 is 5.32 Å². The first-order valence-electron chi connectivity index (χ1n) is 5.59. The minimum atomic E-state index is -0.861. The molecule has 0 aliphatic carbocycles. The summed E-state index contributed by atoms with van der Waals surface area (Å²) in [5, 5.41) is 13.2. The van der Waals surface area contributed by atoms with Crippen molar-refractivity contribution < 1.29 is 18.5 Å². The average molecular weight is 357 g/mol. The van der Waals surface area contributed by atoms with Crippen LogP contribution in [-0.2, 0) is 0 Å². The van der Waals surface area contributed by atoms with E-state index in [4.69, 9.17) is 0 Å². The fourth-order valence-corrected chi connectivity index (χ4v) is 2.00. The summed E-state index contributed by atoms with van der Waals surface area (Å²) in [4.78, 5) is 22.0. The summed E-state index contributed by atoms with van der Waals surface area (Å²) in [6.07, 6.45) is 0. The monoisotopic (exact) mass is 356 g/mol. The lowest BCUT2D eigenvalue weighted by molar-refractivity contribution is -0.385. The first-order valence-corrected chi connectivity index (χ1v) is 6.38. The lowest BCUT2D eigenvalue weighted by Gasteiger charge is -2.07. The smallest absolute Gasteiger partial charge is 0.282 e. The van der Waals surface area contributed by atoms with Gasteiger partial charge in [-0.05, 0) is 46.3 Å². The number of nitrogens with zero attached hydrogens (tertiary/aromatic N) is 1. The number of hydrogen-bond acceptors (Lipinski definition) is 3. The normalized spacial score (nSPS) is 10.2. The van der Waals surface area contributed by atoms with Gasteiger partial charge in [0.15, 0.2) is 0 Å². The molecule has 1 amide bonds. The number of carbonyl (C=O) groups is 1. The van der Waals surface area contributed by atoms with Crippen LogP contribution in [0.4, 0.5) is 20.2 Å². The Morgan fingerprint density at radius 2 is 1.90 bits per heavy atom. The second-order valence-corrected chi connectivity index (χ2v) is 4.86. The number of anilines is 1. The van der Waals surface area contributed by atoms with E-state index in [1.165, 1.54) is 12.1 Å². The number of nitro benzene ring substituents is 1. The maximum atomic E-state index is 13.2. The number of nitrogens with one attached hydrogen (secondary N) is 1. The molecule has 108 valence electrons. The number of halogens is 3. The number of rotatable bonds is 3. The van der Waals surface area contributed by atoms with Crippen molar-refractivity contribution >= 4 is 33.2 Å².